The Bertz CT molecular complexity index is 455. The van der Waals surface area contributed by atoms with E-state index >= 15 is 0 Å². The molecule has 3 unspecified atom stereocenters. The summed E-state index contributed by atoms with van der Waals surface area (Å²) in [6.07, 6.45) is 5.19. The molecule has 1 aliphatic rings. The normalized spacial score (nSPS) is 18.1. The first kappa shape index (κ1) is 22.1. The van der Waals surface area contributed by atoms with Gasteiger partial charge < -0.3 is 15.7 Å². The molecule has 5 heteroatoms. The van der Waals surface area contributed by atoms with E-state index < -0.39 is 6.10 Å². The third-order valence-corrected chi connectivity index (χ3v) is 5.64. The van der Waals surface area contributed by atoms with Crippen molar-refractivity contribution < 1.29 is 9.90 Å². The molecule has 0 aliphatic heterocycles. The summed E-state index contributed by atoms with van der Waals surface area (Å²) in [5.74, 6) is 1.53. The molecule has 1 amide bonds. The van der Waals surface area contributed by atoms with E-state index in [0.29, 0.717) is 5.92 Å². The van der Waals surface area contributed by atoms with Crippen LogP contribution in [0.25, 0.3) is 0 Å². The summed E-state index contributed by atoms with van der Waals surface area (Å²) in [5.41, 5.74) is 0.914. The number of aliphatic hydroxyl groups excluding tert-OH is 1. The highest BCUT2D eigenvalue weighted by Gasteiger charge is 2.29. The van der Waals surface area contributed by atoms with Crippen LogP contribution >= 0.6 is 11.8 Å². The van der Waals surface area contributed by atoms with Crippen molar-refractivity contribution in [2.45, 2.75) is 70.3 Å². The molecule has 0 spiro atoms. The number of allylic oxidation sites excluding steroid dienone is 1. The van der Waals surface area contributed by atoms with Gasteiger partial charge in [0, 0.05) is 22.9 Å². The Balaban J connectivity index is 2.45. The molecular weight excluding hydrogens is 332 g/mol. The van der Waals surface area contributed by atoms with Crippen LogP contribution in [0.3, 0.4) is 0 Å². The lowest BCUT2D eigenvalue weighted by Crippen LogP contribution is -2.46. The number of hydrogen-bond acceptors (Lipinski definition) is 4. The summed E-state index contributed by atoms with van der Waals surface area (Å²) in [7, 11) is 0. The molecule has 0 aromatic heterocycles. The minimum atomic E-state index is -0.602. The van der Waals surface area contributed by atoms with Crippen molar-refractivity contribution >= 4 is 17.7 Å². The first-order chi connectivity index (χ1) is 11.6. The Hall–Kier alpha value is -0.940. The fourth-order valence-electron chi connectivity index (χ4n) is 2.39. The summed E-state index contributed by atoms with van der Waals surface area (Å²) >= 11 is 1.90. The number of carbonyl (C=O) groups excluding carboxylic acids is 1. The van der Waals surface area contributed by atoms with Crippen molar-refractivity contribution in [3.8, 4) is 0 Å². The van der Waals surface area contributed by atoms with E-state index in [2.05, 4.69) is 44.6 Å². The van der Waals surface area contributed by atoms with Crippen LogP contribution in [0.15, 0.2) is 24.9 Å². The SMILES string of the molecule is C=CC(C)C(O)CNC(=O)C(CC1CC1)NC(=C)CCSC(C)(C)C. The van der Waals surface area contributed by atoms with Crippen LogP contribution in [0.2, 0.25) is 0 Å². The van der Waals surface area contributed by atoms with Crippen molar-refractivity contribution in [3.63, 3.8) is 0 Å². The highest BCUT2D eigenvalue weighted by molar-refractivity contribution is 8.00. The lowest BCUT2D eigenvalue weighted by Gasteiger charge is -2.23. The van der Waals surface area contributed by atoms with Crippen LogP contribution in [0.1, 0.15) is 53.4 Å². The van der Waals surface area contributed by atoms with E-state index in [9.17, 15) is 9.90 Å². The highest BCUT2D eigenvalue weighted by atomic mass is 32.2. The Morgan fingerprint density at radius 3 is 2.56 bits per heavy atom. The van der Waals surface area contributed by atoms with Crippen LogP contribution in [-0.4, -0.2) is 40.2 Å². The van der Waals surface area contributed by atoms with Gasteiger partial charge in [-0.1, -0.05) is 53.2 Å². The van der Waals surface area contributed by atoms with Crippen LogP contribution in [0.5, 0.6) is 0 Å². The number of hydrogen-bond donors (Lipinski definition) is 3. The zero-order valence-electron chi connectivity index (χ0n) is 16.3. The van der Waals surface area contributed by atoms with Crippen LogP contribution < -0.4 is 10.6 Å². The van der Waals surface area contributed by atoms with E-state index in [0.717, 1.165) is 24.3 Å². The van der Waals surface area contributed by atoms with Gasteiger partial charge in [0.15, 0.2) is 0 Å². The van der Waals surface area contributed by atoms with Crippen molar-refractivity contribution in [1.82, 2.24) is 10.6 Å². The second-order valence-corrected chi connectivity index (χ2v) is 10.0. The van der Waals surface area contributed by atoms with Gasteiger partial charge >= 0.3 is 0 Å². The molecule has 4 nitrogen and oxygen atoms in total. The maximum absolute atomic E-state index is 12.5. The quantitative estimate of drug-likeness (QED) is 0.462. The van der Waals surface area contributed by atoms with E-state index in [-0.39, 0.29) is 29.2 Å². The van der Waals surface area contributed by atoms with Crippen molar-refractivity contribution in [2.24, 2.45) is 11.8 Å². The molecule has 0 saturated heterocycles. The highest BCUT2D eigenvalue weighted by Crippen LogP contribution is 2.34. The predicted octanol–water partition coefficient (Wildman–Crippen LogP) is 3.48. The summed E-state index contributed by atoms with van der Waals surface area (Å²) in [6.45, 7) is 16.5. The second-order valence-electron chi connectivity index (χ2n) is 8.10. The van der Waals surface area contributed by atoms with Gasteiger partial charge in [-0.05, 0) is 24.5 Å². The smallest absolute Gasteiger partial charge is 0.242 e. The zero-order valence-corrected chi connectivity index (χ0v) is 17.1. The molecule has 0 bridgehead atoms. The Morgan fingerprint density at radius 1 is 1.40 bits per heavy atom. The van der Waals surface area contributed by atoms with Crippen molar-refractivity contribution in [3.05, 3.63) is 24.9 Å². The number of aliphatic hydroxyl groups is 1. The van der Waals surface area contributed by atoms with Gasteiger partial charge in [0.05, 0.1) is 6.10 Å². The largest absolute Gasteiger partial charge is 0.391 e. The third-order valence-electron chi connectivity index (χ3n) is 4.36. The standard InChI is InChI=1S/C20H36N2O2S/c1-7-14(2)18(23)13-21-19(24)17(12-16-8-9-16)22-15(3)10-11-25-20(4,5)6/h7,14,16-18,22-23H,1,3,8-13H2,2,4-6H3,(H,21,24). The second kappa shape index (κ2) is 10.3. The number of thioether (sulfide) groups is 1. The Labute approximate surface area is 157 Å². The lowest BCUT2D eigenvalue weighted by atomic mass is 10.0. The number of nitrogens with one attached hydrogen (secondary N) is 2. The van der Waals surface area contributed by atoms with Crippen LogP contribution in [-0.2, 0) is 4.79 Å². The topological polar surface area (TPSA) is 61.4 Å². The number of rotatable bonds is 12. The van der Waals surface area contributed by atoms with E-state index in [1.54, 1.807) is 6.08 Å². The maximum Gasteiger partial charge on any atom is 0.242 e. The first-order valence-electron chi connectivity index (χ1n) is 9.29. The molecule has 0 radical (unpaired) electrons. The van der Waals surface area contributed by atoms with Gasteiger partial charge in [0.1, 0.15) is 6.04 Å². The lowest BCUT2D eigenvalue weighted by molar-refractivity contribution is -0.123. The van der Waals surface area contributed by atoms with Gasteiger partial charge in [0.25, 0.3) is 0 Å². The first-order valence-corrected chi connectivity index (χ1v) is 10.3. The van der Waals surface area contributed by atoms with Crippen molar-refractivity contribution in [1.29, 1.82) is 0 Å². The van der Waals surface area contributed by atoms with Crippen LogP contribution in [0, 0.1) is 11.8 Å². The monoisotopic (exact) mass is 368 g/mol. The van der Waals surface area contributed by atoms with Gasteiger partial charge in [-0.2, -0.15) is 11.8 Å². The molecule has 25 heavy (non-hydrogen) atoms. The zero-order chi connectivity index (χ0) is 19.0. The number of amides is 1. The summed E-state index contributed by atoms with van der Waals surface area (Å²) in [6, 6.07) is -0.258. The molecule has 0 heterocycles. The van der Waals surface area contributed by atoms with E-state index in [1.165, 1.54) is 12.8 Å². The molecule has 144 valence electrons. The predicted molar refractivity (Wildman–Crippen MR) is 109 cm³/mol. The third kappa shape index (κ3) is 9.95. The van der Waals surface area contributed by atoms with Gasteiger partial charge in [-0.15, -0.1) is 6.58 Å². The van der Waals surface area contributed by atoms with Crippen molar-refractivity contribution in [2.75, 3.05) is 12.3 Å². The average Bonchev–Trinajstić information content (AvgIpc) is 3.33. The fourth-order valence-corrected chi connectivity index (χ4v) is 3.35. The summed E-state index contributed by atoms with van der Waals surface area (Å²) in [4.78, 5) is 12.5. The maximum atomic E-state index is 12.5. The van der Waals surface area contributed by atoms with E-state index in [1.807, 2.05) is 18.7 Å². The minimum Gasteiger partial charge on any atom is -0.391 e. The molecule has 3 atom stereocenters. The molecular formula is C20H36N2O2S. The Kier molecular flexibility index (Phi) is 9.08. The molecule has 0 aromatic carbocycles. The van der Waals surface area contributed by atoms with Crippen LogP contribution in [0.4, 0.5) is 0 Å². The molecule has 1 saturated carbocycles. The molecule has 0 aromatic rings. The molecule has 1 aliphatic carbocycles. The summed E-state index contributed by atoms with van der Waals surface area (Å²) < 4.78 is 0.239. The molecule has 1 rings (SSSR count). The molecule has 3 N–H and O–H groups in total. The minimum absolute atomic E-state index is 0.0421. The van der Waals surface area contributed by atoms with Gasteiger partial charge in [0.2, 0.25) is 5.91 Å². The van der Waals surface area contributed by atoms with E-state index in [4.69, 9.17) is 0 Å². The number of carbonyl (C=O) groups is 1. The fraction of sp³-hybridized carbons (Fsp3) is 0.750. The molecule has 1 fully saturated rings. The Morgan fingerprint density at radius 2 is 2.04 bits per heavy atom. The van der Waals surface area contributed by atoms with Gasteiger partial charge in [-0.3, -0.25) is 4.79 Å². The van der Waals surface area contributed by atoms with Gasteiger partial charge in [-0.25, -0.2) is 0 Å². The summed E-state index contributed by atoms with van der Waals surface area (Å²) in [5, 5.41) is 16.2. The average molecular weight is 369 g/mol.